The van der Waals surface area contributed by atoms with Gasteiger partial charge in [0.1, 0.15) is 12.4 Å². The molecule has 0 unspecified atom stereocenters. The molecule has 1 aliphatic heterocycles. The fourth-order valence-electron chi connectivity index (χ4n) is 4.76. The predicted molar refractivity (Wildman–Crippen MR) is 127 cm³/mol. The summed E-state index contributed by atoms with van der Waals surface area (Å²) in [6.45, 7) is 8.86. The third-order valence-corrected chi connectivity index (χ3v) is 6.36. The zero-order chi connectivity index (χ0) is 21.8. The molecule has 1 amide bonds. The molecule has 2 aromatic carbocycles. The van der Waals surface area contributed by atoms with Crippen molar-refractivity contribution in [1.29, 1.82) is 0 Å². The van der Waals surface area contributed by atoms with Crippen LogP contribution in [0.2, 0.25) is 0 Å². The Hall–Kier alpha value is -2.66. The van der Waals surface area contributed by atoms with E-state index in [2.05, 4.69) is 36.3 Å². The van der Waals surface area contributed by atoms with E-state index in [0.717, 1.165) is 35.6 Å². The second kappa shape index (κ2) is 9.65. The molecule has 1 saturated heterocycles. The maximum Gasteiger partial charge on any atom is 0.247 e. The number of benzene rings is 2. The fraction of sp³-hybridized carbons (Fsp3) is 0.462. The number of amides is 1. The molecule has 1 aliphatic rings. The van der Waals surface area contributed by atoms with E-state index in [1.165, 1.54) is 25.7 Å². The van der Waals surface area contributed by atoms with Crippen molar-refractivity contribution in [1.82, 2.24) is 14.5 Å². The molecule has 1 fully saturated rings. The molecule has 0 saturated carbocycles. The number of hydrogen-bond donors (Lipinski definition) is 0. The average Bonchev–Trinajstić information content (AvgIpc) is 2.94. The van der Waals surface area contributed by atoms with Crippen molar-refractivity contribution in [3.63, 3.8) is 0 Å². The standard InChI is InChI=1S/C26H34N4O/c1-20(2)30(22-13-7-6-8-14-22)25(31)19-29-24-16-10-9-15-23(24)27-26(29)21(3)28-17-11-4-5-12-18-28/h6-10,13-16,20-21H,4-5,11-12,17-19H2,1-3H3/t21-/m1/s1. The molecule has 164 valence electrons. The molecular weight excluding hydrogens is 384 g/mol. The summed E-state index contributed by atoms with van der Waals surface area (Å²) in [5.74, 6) is 1.09. The summed E-state index contributed by atoms with van der Waals surface area (Å²) in [6, 6.07) is 18.4. The first kappa shape index (κ1) is 21.6. The number of nitrogens with zero attached hydrogens (tertiary/aromatic N) is 4. The first-order chi connectivity index (χ1) is 15.1. The van der Waals surface area contributed by atoms with Gasteiger partial charge in [0.15, 0.2) is 0 Å². The highest BCUT2D eigenvalue weighted by molar-refractivity contribution is 5.94. The number of imidazole rings is 1. The molecule has 5 heteroatoms. The Morgan fingerprint density at radius 3 is 2.26 bits per heavy atom. The van der Waals surface area contributed by atoms with E-state index < -0.39 is 0 Å². The van der Waals surface area contributed by atoms with Gasteiger partial charge < -0.3 is 9.47 Å². The number of carbonyl (C=O) groups excluding carboxylic acids is 1. The van der Waals surface area contributed by atoms with Crippen LogP contribution < -0.4 is 4.90 Å². The normalized spacial score (nSPS) is 16.4. The number of anilines is 1. The highest BCUT2D eigenvalue weighted by Gasteiger charge is 2.26. The number of likely N-dealkylation sites (tertiary alicyclic amines) is 1. The number of rotatable bonds is 6. The van der Waals surface area contributed by atoms with Gasteiger partial charge in [-0.15, -0.1) is 0 Å². The third-order valence-electron chi connectivity index (χ3n) is 6.36. The Morgan fingerprint density at radius 2 is 1.58 bits per heavy atom. The largest absolute Gasteiger partial charge is 0.317 e. The lowest BCUT2D eigenvalue weighted by Crippen LogP contribution is -2.40. The Balaban J connectivity index is 1.69. The van der Waals surface area contributed by atoms with Gasteiger partial charge in [-0.3, -0.25) is 9.69 Å². The molecule has 0 spiro atoms. The molecule has 1 aromatic heterocycles. The van der Waals surface area contributed by atoms with Gasteiger partial charge >= 0.3 is 0 Å². The summed E-state index contributed by atoms with van der Waals surface area (Å²) in [5, 5.41) is 0. The topological polar surface area (TPSA) is 41.4 Å². The van der Waals surface area contributed by atoms with E-state index in [-0.39, 0.29) is 18.0 Å². The zero-order valence-corrected chi connectivity index (χ0v) is 19.0. The van der Waals surface area contributed by atoms with Crippen LogP contribution >= 0.6 is 0 Å². The first-order valence-electron chi connectivity index (χ1n) is 11.6. The summed E-state index contributed by atoms with van der Waals surface area (Å²) in [6.07, 6.45) is 5.08. The maximum atomic E-state index is 13.6. The molecule has 31 heavy (non-hydrogen) atoms. The van der Waals surface area contributed by atoms with Crippen molar-refractivity contribution in [2.24, 2.45) is 0 Å². The molecule has 0 N–H and O–H groups in total. The summed E-state index contributed by atoms with van der Waals surface area (Å²) >= 11 is 0. The van der Waals surface area contributed by atoms with Gasteiger partial charge in [0, 0.05) is 11.7 Å². The first-order valence-corrected chi connectivity index (χ1v) is 11.6. The lowest BCUT2D eigenvalue weighted by atomic mass is 10.2. The fourth-order valence-corrected chi connectivity index (χ4v) is 4.76. The predicted octanol–water partition coefficient (Wildman–Crippen LogP) is 5.41. The maximum absolute atomic E-state index is 13.6. The molecule has 5 nitrogen and oxygen atoms in total. The van der Waals surface area contributed by atoms with Crippen molar-refractivity contribution >= 4 is 22.6 Å². The quantitative estimate of drug-likeness (QED) is 0.537. The molecule has 2 heterocycles. The molecule has 1 atom stereocenters. The van der Waals surface area contributed by atoms with Crippen molar-refractivity contribution in [3.8, 4) is 0 Å². The molecule has 3 aromatic rings. The summed E-state index contributed by atoms with van der Waals surface area (Å²) in [4.78, 5) is 23.0. The van der Waals surface area contributed by atoms with Crippen LogP contribution in [0.3, 0.4) is 0 Å². The van der Waals surface area contributed by atoms with Crippen molar-refractivity contribution in [2.75, 3.05) is 18.0 Å². The molecule has 4 rings (SSSR count). The highest BCUT2D eigenvalue weighted by Crippen LogP contribution is 2.28. The van der Waals surface area contributed by atoms with Gasteiger partial charge in [-0.1, -0.05) is 43.2 Å². The highest BCUT2D eigenvalue weighted by atomic mass is 16.2. The Morgan fingerprint density at radius 1 is 0.935 bits per heavy atom. The van der Waals surface area contributed by atoms with Crippen LogP contribution in [0.4, 0.5) is 5.69 Å². The molecule has 0 bridgehead atoms. The number of hydrogen-bond acceptors (Lipinski definition) is 3. The third kappa shape index (κ3) is 4.67. The minimum Gasteiger partial charge on any atom is -0.317 e. The number of fused-ring (bicyclic) bond motifs is 1. The van der Waals surface area contributed by atoms with Crippen LogP contribution in [-0.4, -0.2) is 39.5 Å². The number of para-hydroxylation sites is 3. The van der Waals surface area contributed by atoms with Gasteiger partial charge in [-0.25, -0.2) is 4.98 Å². The molecular formula is C26H34N4O. The minimum atomic E-state index is 0.0798. The van der Waals surface area contributed by atoms with E-state index in [9.17, 15) is 4.79 Å². The van der Waals surface area contributed by atoms with Crippen LogP contribution in [-0.2, 0) is 11.3 Å². The van der Waals surface area contributed by atoms with Crippen molar-refractivity contribution in [3.05, 3.63) is 60.4 Å². The SMILES string of the molecule is CC(C)N(C(=O)Cn1c([C@@H](C)N2CCCCCC2)nc2ccccc21)c1ccccc1. The summed E-state index contributed by atoms with van der Waals surface area (Å²) in [7, 11) is 0. The monoisotopic (exact) mass is 418 g/mol. The van der Waals surface area contributed by atoms with Gasteiger partial charge in [0.05, 0.1) is 17.1 Å². The van der Waals surface area contributed by atoms with E-state index in [1.54, 1.807) is 0 Å². The minimum absolute atomic E-state index is 0.0798. The van der Waals surface area contributed by atoms with Crippen molar-refractivity contribution < 1.29 is 4.79 Å². The molecule has 0 radical (unpaired) electrons. The van der Waals surface area contributed by atoms with E-state index >= 15 is 0 Å². The van der Waals surface area contributed by atoms with E-state index in [0.29, 0.717) is 6.54 Å². The smallest absolute Gasteiger partial charge is 0.247 e. The lowest BCUT2D eigenvalue weighted by Gasteiger charge is -2.30. The Labute approximate surface area is 185 Å². The van der Waals surface area contributed by atoms with Crippen LogP contribution in [0, 0.1) is 0 Å². The van der Waals surface area contributed by atoms with Gasteiger partial charge in [-0.2, -0.15) is 0 Å². The lowest BCUT2D eigenvalue weighted by molar-refractivity contribution is -0.119. The van der Waals surface area contributed by atoms with Gasteiger partial charge in [0.25, 0.3) is 0 Å². The van der Waals surface area contributed by atoms with Crippen LogP contribution in [0.5, 0.6) is 0 Å². The second-order valence-electron chi connectivity index (χ2n) is 8.86. The van der Waals surface area contributed by atoms with Gasteiger partial charge in [0.2, 0.25) is 5.91 Å². The Bertz CT molecular complexity index is 1000. The summed E-state index contributed by atoms with van der Waals surface area (Å²) in [5.41, 5.74) is 2.93. The zero-order valence-electron chi connectivity index (χ0n) is 19.0. The number of carbonyl (C=O) groups is 1. The second-order valence-corrected chi connectivity index (χ2v) is 8.86. The van der Waals surface area contributed by atoms with Crippen LogP contribution in [0.1, 0.15) is 58.3 Å². The van der Waals surface area contributed by atoms with E-state index in [4.69, 9.17) is 4.98 Å². The molecule has 0 aliphatic carbocycles. The average molecular weight is 419 g/mol. The Kier molecular flexibility index (Phi) is 6.71. The summed E-state index contributed by atoms with van der Waals surface area (Å²) < 4.78 is 2.14. The van der Waals surface area contributed by atoms with Gasteiger partial charge in [-0.05, 0) is 71.0 Å². The van der Waals surface area contributed by atoms with Crippen LogP contribution in [0.25, 0.3) is 11.0 Å². The van der Waals surface area contributed by atoms with E-state index in [1.807, 2.05) is 53.4 Å². The van der Waals surface area contributed by atoms with Crippen LogP contribution in [0.15, 0.2) is 54.6 Å². The number of aromatic nitrogens is 2. The van der Waals surface area contributed by atoms with Crippen molar-refractivity contribution in [2.45, 2.75) is 65.1 Å².